The van der Waals surface area contributed by atoms with Gasteiger partial charge in [0.15, 0.2) is 11.2 Å². The van der Waals surface area contributed by atoms with Crippen LogP contribution in [0.2, 0.25) is 5.02 Å². The molecule has 1 unspecified atom stereocenters. The van der Waals surface area contributed by atoms with Gasteiger partial charge in [0.25, 0.3) is 5.56 Å². The number of halogens is 1. The van der Waals surface area contributed by atoms with E-state index < -0.39 is 24.0 Å². The van der Waals surface area contributed by atoms with Crippen molar-refractivity contribution in [3.63, 3.8) is 0 Å². The minimum atomic E-state index is -0.964. The predicted molar refractivity (Wildman–Crippen MR) is 97.7 cm³/mol. The Hall–Kier alpha value is -2.62. The first-order chi connectivity index (χ1) is 12.4. The molecule has 0 radical (unpaired) electrons. The van der Waals surface area contributed by atoms with E-state index in [0.29, 0.717) is 5.02 Å². The molecule has 4 N–H and O–H groups in total. The van der Waals surface area contributed by atoms with Gasteiger partial charge in [-0.1, -0.05) is 23.7 Å². The first-order valence-corrected chi connectivity index (χ1v) is 8.25. The number of anilines is 1. The fourth-order valence-corrected chi connectivity index (χ4v) is 2.65. The molecule has 0 fully saturated rings. The van der Waals surface area contributed by atoms with Gasteiger partial charge < -0.3 is 20.5 Å². The normalized spacial score (nSPS) is 12.5. The van der Waals surface area contributed by atoms with Crippen molar-refractivity contribution in [1.29, 1.82) is 0 Å². The monoisotopic (exact) mass is 379 g/mol. The van der Waals surface area contributed by atoms with Crippen LogP contribution in [0.4, 0.5) is 5.95 Å². The number of aromatic nitrogens is 4. The Morgan fingerprint density at radius 2 is 2.00 bits per heavy atom. The number of aliphatic hydroxyl groups is 2. The van der Waals surface area contributed by atoms with E-state index in [2.05, 4.69) is 15.3 Å². The summed E-state index contributed by atoms with van der Waals surface area (Å²) < 4.78 is 2.38. The maximum Gasteiger partial charge on any atom is 0.332 e. The summed E-state index contributed by atoms with van der Waals surface area (Å²) in [6.45, 7) is -0.257. The SMILES string of the molecule is Cn1c(=O)n(Cc2ccc(Cl)cc2)c(=O)c2[nH]c(NCC(O)CO)nc21. The minimum absolute atomic E-state index is 0.0449. The average molecular weight is 380 g/mol. The summed E-state index contributed by atoms with van der Waals surface area (Å²) in [5.41, 5.74) is 0.138. The molecular weight excluding hydrogens is 362 g/mol. The van der Waals surface area contributed by atoms with Crippen LogP contribution < -0.4 is 16.6 Å². The topological polar surface area (TPSA) is 125 Å². The van der Waals surface area contributed by atoms with Crippen LogP contribution in [0.25, 0.3) is 11.2 Å². The van der Waals surface area contributed by atoms with Crippen molar-refractivity contribution >= 4 is 28.7 Å². The van der Waals surface area contributed by atoms with Crippen LogP contribution in [0.3, 0.4) is 0 Å². The van der Waals surface area contributed by atoms with E-state index in [1.54, 1.807) is 24.3 Å². The number of fused-ring (bicyclic) bond motifs is 1. The average Bonchev–Trinajstić information content (AvgIpc) is 3.07. The lowest BCUT2D eigenvalue weighted by Gasteiger charge is -2.07. The van der Waals surface area contributed by atoms with E-state index in [-0.39, 0.29) is 30.2 Å². The molecule has 0 bridgehead atoms. The van der Waals surface area contributed by atoms with Gasteiger partial charge in [0.1, 0.15) is 0 Å². The highest BCUT2D eigenvalue weighted by Crippen LogP contribution is 2.11. The maximum absolute atomic E-state index is 12.7. The fraction of sp³-hybridized carbons (Fsp3) is 0.312. The van der Waals surface area contributed by atoms with Crippen LogP contribution in [0, 0.1) is 0 Å². The highest BCUT2D eigenvalue weighted by atomic mass is 35.5. The molecule has 2 aromatic heterocycles. The number of nitrogens with zero attached hydrogens (tertiary/aromatic N) is 3. The molecule has 0 aliphatic carbocycles. The summed E-state index contributed by atoms with van der Waals surface area (Å²) in [6, 6.07) is 6.87. The molecule has 3 rings (SSSR count). The van der Waals surface area contributed by atoms with Crippen molar-refractivity contribution in [3.05, 3.63) is 55.7 Å². The van der Waals surface area contributed by atoms with Crippen LogP contribution in [0.5, 0.6) is 0 Å². The number of aromatic amines is 1. The van der Waals surface area contributed by atoms with Crippen LogP contribution in [-0.4, -0.2) is 48.6 Å². The third-order valence-corrected chi connectivity index (χ3v) is 4.20. The first kappa shape index (κ1) is 18.2. The Morgan fingerprint density at radius 3 is 2.65 bits per heavy atom. The van der Waals surface area contributed by atoms with Gasteiger partial charge in [-0.2, -0.15) is 4.98 Å². The van der Waals surface area contributed by atoms with Crippen molar-refractivity contribution < 1.29 is 10.2 Å². The molecule has 0 saturated heterocycles. The zero-order chi connectivity index (χ0) is 18.8. The van der Waals surface area contributed by atoms with E-state index in [4.69, 9.17) is 16.7 Å². The van der Waals surface area contributed by atoms with Gasteiger partial charge in [-0.25, -0.2) is 4.79 Å². The summed E-state index contributed by atoms with van der Waals surface area (Å²) in [6.07, 6.45) is -0.964. The molecule has 10 heteroatoms. The second kappa shape index (κ2) is 7.32. The number of aliphatic hydroxyl groups excluding tert-OH is 2. The number of nitrogens with one attached hydrogen (secondary N) is 2. The second-order valence-electron chi connectivity index (χ2n) is 5.86. The third kappa shape index (κ3) is 3.50. The minimum Gasteiger partial charge on any atom is -0.394 e. The number of rotatable bonds is 6. The predicted octanol–water partition coefficient (Wildman–Crippen LogP) is -0.110. The summed E-state index contributed by atoms with van der Waals surface area (Å²) in [5.74, 6) is 0.226. The second-order valence-corrected chi connectivity index (χ2v) is 6.30. The number of aryl methyl sites for hydroxylation is 1. The highest BCUT2D eigenvalue weighted by molar-refractivity contribution is 6.30. The lowest BCUT2D eigenvalue weighted by molar-refractivity contribution is 0.105. The Morgan fingerprint density at radius 1 is 1.31 bits per heavy atom. The van der Waals surface area contributed by atoms with Crippen LogP contribution in [0.15, 0.2) is 33.9 Å². The van der Waals surface area contributed by atoms with Gasteiger partial charge >= 0.3 is 5.69 Å². The number of hydrogen-bond acceptors (Lipinski definition) is 6. The van der Waals surface area contributed by atoms with Gasteiger partial charge in [-0.15, -0.1) is 0 Å². The maximum atomic E-state index is 12.7. The summed E-state index contributed by atoms with van der Waals surface area (Å²) in [7, 11) is 1.52. The van der Waals surface area contributed by atoms with Crippen molar-refractivity contribution in [1.82, 2.24) is 19.1 Å². The molecule has 9 nitrogen and oxygen atoms in total. The van der Waals surface area contributed by atoms with E-state index in [1.165, 1.54) is 11.6 Å². The molecule has 0 aliphatic heterocycles. The molecular formula is C16H18ClN5O4. The van der Waals surface area contributed by atoms with Crippen LogP contribution in [-0.2, 0) is 13.6 Å². The number of benzene rings is 1. The van der Waals surface area contributed by atoms with Gasteiger partial charge in [-0.3, -0.25) is 13.9 Å². The largest absolute Gasteiger partial charge is 0.394 e. The summed E-state index contributed by atoms with van der Waals surface area (Å²) >= 11 is 5.86. The number of imidazole rings is 1. The van der Waals surface area contributed by atoms with Crippen molar-refractivity contribution in [2.75, 3.05) is 18.5 Å². The lowest BCUT2D eigenvalue weighted by Crippen LogP contribution is -2.39. The van der Waals surface area contributed by atoms with Crippen molar-refractivity contribution in [3.8, 4) is 0 Å². The molecule has 138 valence electrons. The Kier molecular flexibility index (Phi) is 5.12. The van der Waals surface area contributed by atoms with E-state index >= 15 is 0 Å². The summed E-state index contributed by atoms with van der Waals surface area (Å²) in [4.78, 5) is 32.3. The van der Waals surface area contributed by atoms with Crippen LogP contribution in [0.1, 0.15) is 5.56 Å². The van der Waals surface area contributed by atoms with E-state index in [0.717, 1.165) is 10.1 Å². The molecule has 1 atom stereocenters. The van der Waals surface area contributed by atoms with Gasteiger partial charge in [-0.05, 0) is 17.7 Å². The van der Waals surface area contributed by atoms with Crippen molar-refractivity contribution in [2.45, 2.75) is 12.6 Å². The molecule has 26 heavy (non-hydrogen) atoms. The van der Waals surface area contributed by atoms with E-state index in [9.17, 15) is 14.7 Å². The Balaban J connectivity index is 2.01. The van der Waals surface area contributed by atoms with Gasteiger partial charge in [0.05, 0.1) is 19.3 Å². The van der Waals surface area contributed by atoms with Crippen LogP contribution >= 0.6 is 11.6 Å². The number of hydrogen-bond donors (Lipinski definition) is 4. The van der Waals surface area contributed by atoms with Gasteiger partial charge in [0.2, 0.25) is 5.95 Å². The molecule has 0 aliphatic rings. The molecule has 0 spiro atoms. The Bertz CT molecular complexity index is 1040. The first-order valence-electron chi connectivity index (χ1n) is 7.87. The third-order valence-electron chi connectivity index (χ3n) is 3.95. The smallest absolute Gasteiger partial charge is 0.332 e. The standard InChI is InChI=1S/C16H18ClN5O4/c1-21-13-12(19-15(20-13)18-6-11(24)8-23)14(25)22(16(21)26)7-9-2-4-10(17)5-3-9/h2-5,11,23-24H,6-8H2,1H3,(H2,18,19,20). The van der Waals surface area contributed by atoms with Crippen molar-refractivity contribution in [2.24, 2.45) is 7.05 Å². The van der Waals surface area contributed by atoms with E-state index in [1.807, 2.05) is 0 Å². The Labute approximate surface area is 152 Å². The lowest BCUT2D eigenvalue weighted by atomic mass is 10.2. The number of H-pyrrole nitrogens is 1. The zero-order valence-electron chi connectivity index (χ0n) is 13.9. The molecule has 0 saturated carbocycles. The van der Waals surface area contributed by atoms with Gasteiger partial charge in [0, 0.05) is 18.6 Å². The highest BCUT2D eigenvalue weighted by Gasteiger charge is 2.16. The summed E-state index contributed by atoms with van der Waals surface area (Å²) in [5, 5.41) is 21.6. The molecule has 3 aromatic rings. The molecule has 0 amide bonds. The quantitative estimate of drug-likeness (QED) is 0.473. The zero-order valence-corrected chi connectivity index (χ0v) is 14.7. The molecule has 1 aromatic carbocycles. The fourth-order valence-electron chi connectivity index (χ4n) is 2.52. The molecule has 2 heterocycles.